The van der Waals surface area contributed by atoms with E-state index in [9.17, 15) is 0 Å². The van der Waals surface area contributed by atoms with Crippen LogP contribution in [-0.2, 0) is 0 Å². The van der Waals surface area contributed by atoms with Crippen LogP contribution in [0.3, 0.4) is 0 Å². The maximum Gasteiger partial charge on any atom is 0.0702 e. The standard InChI is InChI=1S/C50H44N6/c1-3-24-51-43(16-1)37-12-6-14-39(29-37)55-45-22-20-35(31-41(45)49-47(55)18-8-26-53-49)33-10-5-11-34(28-33)36-21-23-46-42(32-36)50-48(19-9-27-54-50)56(46)40-15-7-13-38(30-40)44-17-2-4-25-52-44/h1-7,10-17,20-25,28-32,47-50,53-54H,8-9,18-19,26-27H2. The molecular weight excluding hydrogens is 685 g/mol. The molecule has 2 N–H and O–H groups in total. The Balaban J connectivity index is 0.927. The van der Waals surface area contributed by atoms with Crippen molar-refractivity contribution in [2.75, 3.05) is 22.9 Å². The number of benzene rings is 5. The van der Waals surface area contributed by atoms with Crippen LogP contribution in [0.5, 0.6) is 0 Å². The van der Waals surface area contributed by atoms with Crippen LogP contribution in [0.25, 0.3) is 44.8 Å². The molecule has 0 bridgehead atoms. The molecule has 5 aromatic carbocycles. The number of hydrogen-bond acceptors (Lipinski definition) is 6. The van der Waals surface area contributed by atoms with Crippen molar-refractivity contribution < 1.29 is 0 Å². The van der Waals surface area contributed by atoms with E-state index in [0.29, 0.717) is 24.2 Å². The molecule has 0 aliphatic carbocycles. The summed E-state index contributed by atoms with van der Waals surface area (Å²) in [6, 6.07) is 54.8. The number of aromatic nitrogens is 2. The van der Waals surface area contributed by atoms with E-state index in [1.54, 1.807) is 0 Å². The SMILES string of the molecule is c1ccc(-c2cccc(N3c4ccc(-c5cccc(-c6ccc7c(c6)C6NCCCC6N7c6cccc(-c7ccccn7)c6)c5)cc4C4NCCCC43)c2)nc1. The molecule has 2 fully saturated rings. The van der Waals surface area contributed by atoms with E-state index in [1.165, 1.54) is 69.0 Å². The van der Waals surface area contributed by atoms with Gasteiger partial charge < -0.3 is 20.4 Å². The minimum absolute atomic E-state index is 0.292. The molecule has 6 heteroatoms. The highest BCUT2D eigenvalue weighted by Gasteiger charge is 2.42. The maximum absolute atomic E-state index is 4.64. The molecule has 7 aromatic rings. The Hall–Kier alpha value is -6.08. The first-order chi connectivity index (χ1) is 27.8. The van der Waals surface area contributed by atoms with Gasteiger partial charge in [0.15, 0.2) is 0 Å². The molecule has 0 radical (unpaired) electrons. The van der Waals surface area contributed by atoms with E-state index in [4.69, 9.17) is 0 Å². The maximum atomic E-state index is 4.64. The minimum atomic E-state index is 0.292. The summed E-state index contributed by atoms with van der Waals surface area (Å²) in [6.45, 7) is 2.09. The van der Waals surface area contributed by atoms with E-state index >= 15 is 0 Å². The fourth-order valence-electron chi connectivity index (χ4n) is 9.93. The molecule has 2 saturated heterocycles. The predicted octanol–water partition coefficient (Wildman–Crippen LogP) is 11.0. The molecule has 0 amide bonds. The quantitative estimate of drug-likeness (QED) is 0.178. The summed E-state index contributed by atoms with van der Waals surface area (Å²) in [4.78, 5) is 14.4. The highest BCUT2D eigenvalue weighted by Crippen LogP contribution is 2.50. The van der Waals surface area contributed by atoms with Gasteiger partial charge in [0.2, 0.25) is 0 Å². The first-order valence-corrected chi connectivity index (χ1v) is 20.2. The number of pyridine rings is 2. The smallest absolute Gasteiger partial charge is 0.0702 e. The van der Waals surface area contributed by atoms with Gasteiger partial charge in [-0.25, -0.2) is 0 Å². The second kappa shape index (κ2) is 13.9. The molecule has 56 heavy (non-hydrogen) atoms. The summed E-state index contributed by atoms with van der Waals surface area (Å²) in [5, 5.41) is 7.81. The number of fused-ring (bicyclic) bond motifs is 6. The lowest BCUT2D eigenvalue weighted by Crippen LogP contribution is -2.41. The van der Waals surface area contributed by atoms with E-state index in [2.05, 4.69) is 164 Å². The Kier molecular flexibility index (Phi) is 8.26. The summed E-state index contributed by atoms with van der Waals surface area (Å²) in [6.07, 6.45) is 8.41. The van der Waals surface area contributed by atoms with Crippen molar-refractivity contribution in [1.82, 2.24) is 20.6 Å². The van der Waals surface area contributed by atoms with Crippen molar-refractivity contribution in [2.24, 2.45) is 0 Å². The fraction of sp³-hybridized carbons (Fsp3) is 0.200. The third-order valence-corrected chi connectivity index (χ3v) is 12.5. The third-order valence-electron chi connectivity index (χ3n) is 12.5. The Morgan fingerprint density at radius 3 is 1.38 bits per heavy atom. The number of nitrogens with zero attached hydrogens (tertiary/aromatic N) is 4. The summed E-state index contributed by atoms with van der Waals surface area (Å²) < 4.78 is 0. The number of piperidine rings is 2. The summed E-state index contributed by atoms with van der Waals surface area (Å²) >= 11 is 0. The molecule has 11 rings (SSSR count). The molecular formula is C50H44N6. The monoisotopic (exact) mass is 728 g/mol. The number of hydrogen-bond donors (Lipinski definition) is 2. The molecule has 6 heterocycles. The largest absolute Gasteiger partial charge is 0.336 e. The highest BCUT2D eigenvalue weighted by atomic mass is 15.2. The van der Waals surface area contributed by atoms with Crippen LogP contribution in [0.15, 0.2) is 158 Å². The minimum Gasteiger partial charge on any atom is -0.336 e. The Bertz CT molecular complexity index is 2380. The van der Waals surface area contributed by atoms with Gasteiger partial charge in [0.25, 0.3) is 0 Å². The average molecular weight is 729 g/mol. The fourth-order valence-corrected chi connectivity index (χ4v) is 9.93. The van der Waals surface area contributed by atoms with Crippen LogP contribution in [-0.4, -0.2) is 35.1 Å². The zero-order valence-corrected chi connectivity index (χ0v) is 31.4. The van der Waals surface area contributed by atoms with Gasteiger partial charge in [0.05, 0.1) is 35.6 Å². The van der Waals surface area contributed by atoms with E-state index in [1.807, 2.05) is 24.5 Å². The Morgan fingerprint density at radius 2 is 0.893 bits per heavy atom. The number of rotatable bonds is 6. The van der Waals surface area contributed by atoms with Crippen LogP contribution in [0, 0.1) is 0 Å². The van der Waals surface area contributed by atoms with Gasteiger partial charge >= 0.3 is 0 Å². The lowest BCUT2D eigenvalue weighted by Gasteiger charge is -2.34. The second-order valence-electron chi connectivity index (χ2n) is 15.7. The van der Waals surface area contributed by atoms with Gasteiger partial charge in [-0.3, -0.25) is 9.97 Å². The van der Waals surface area contributed by atoms with Crippen LogP contribution in [0.1, 0.15) is 48.9 Å². The lowest BCUT2D eigenvalue weighted by atomic mass is 9.92. The van der Waals surface area contributed by atoms with Crippen molar-refractivity contribution in [3.8, 4) is 44.8 Å². The van der Waals surface area contributed by atoms with Crippen LogP contribution < -0.4 is 20.4 Å². The first-order valence-electron chi connectivity index (χ1n) is 20.2. The number of anilines is 4. The van der Waals surface area contributed by atoms with Gasteiger partial charge in [-0.2, -0.15) is 0 Å². The van der Waals surface area contributed by atoms with Crippen molar-refractivity contribution in [2.45, 2.75) is 49.9 Å². The van der Waals surface area contributed by atoms with Gasteiger partial charge in [-0.15, -0.1) is 0 Å². The molecule has 274 valence electrons. The molecule has 4 atom stereocenters. The summed E-state index contributed by atoms with van der Waals surface area (Å²) in [5.74, 6) is 0. The zero-order chi connectivity index (χ0) is 37.0. The normalized spacial score (nSPS) is 20.9. The molecule has 0 spiro atoms. The third kappa shape index (κ3) is 5.71. The van der Waals surface area contributed by atoms with Gasteiger partial charge in [-0.05, 0) is 151 Å². The van der Waals surface area contributed by atoms with Gasteiger partial charge in [0.1, 0.15) is 0 Å². The second-order valence-corrected chi connectivity index (χ2v) is 15.7. The van der Waals surface area contributed by atoms with Crippen molar-refractivity contribution >= 4 is 22.7 Å². The molecule has 4 unspecified atom stereocenters. The molecule has 2 aromatic heterocycles. The van der Waals surface area contributed by atoms with Crippen LogP contribution in [0.4, 0.5) is 22.7 Å². The summed E-state index contributed by atoms with van der Waals surface area (Å²) in [5.41, 5.74) is 17.1. The van der Waals surface area contributed by atoms with E-state index in [-0.39, 0.29) is 0 Å². The summed E-state index contributed by atoms with van der Waals surface area (Å²) in [7, 11) is 0. The topological polar surface area (TPSA) is 56.3 Å². The predicted molar refractivity (Wildman–Crippen MR) is 228 cm³/mol. The van der Waals surface area contributed by atoms with E-state index in [0.717, 1.165) is 48.4 Å². The molecule has 0 saturated carbocycles. The van der Waals surface area contributed by atoms with Crippen molar-refractivity contribution in [1.29, 1.82) is 0 Å². The number of nitrogens with one attached hydrogen (secondary N) is 2. The first kappa shape index (κ1) is 33.3. The Morgan fingerprint density at radius 1 is 0.429 bits per heavy atom. The highest BCUT2D eigenvalue weighted by molar-refractivity contribution is 5.83. The van der Waals surface area contributed by atoms with Gasteiger partial charge in [0, 0.05) is 46.3 Å². The van der Waals surface area contributed by atoms with E-state index < -0.39 is 0 Å². The van der Waals surface area contributed by atoms with Crippen LogP contribution in [0.2, 0.25) is 0 Å². The van der Waals surface area contributed by atoms with Gasteiger partial charge in [-0.1, -0.05) is 66.7 Å². The molecule has 4 aliphatic rings. The molecule has 4 aliphatic heterocycles. The van der Waals surface area contributed by atoms with Crippen molar-refractivity contribution in [3.63, 3.8) is 0 Å². The average Bonchev–Trinajstić information content (AvgIpc) is 3.79. The lowest BCUT2D eigenvalue weighted by molar-refractivity contribution is 0.375. The molecule has 6 nitrogen and oxygen atoms in total. The van der Waals surface area contributed by atoms with Crippen molar-refractivity contribution in [3.05, 3.63) is 169 Å². The van der Waals surface area contributed by atoms with Crippen LogP contribution >= 0.6 is 0 Å². The zero-order valence-electron chi connectivity index (χ0n) is 31.4. The Labute approximate surface area is 328 Å².